The third-order valence-electron chi connectivity index (χ3n) is 2.24. The fourth-order valence-electron chi connectivity index (χ4n) is 1.16. The Bertz CT molecular complexity index is 281. The fraction of sp³-hybridized carbons (Fsp3) is 0.571. The second-order valence-corrected chi connectivity index (χ2v) is 9.55. The molecule has 1 rings (SSSR count). The van der Waals surface area contributed by atoms with Crippen molar-refractivity contribution < 1.29 is 19.2 Å². The number of allylic oxidation sites excluding steroid dienone is 4. The molecule has 1 aliphatic carbocycles. The molecule has 0 radical (unpaired) electrons. The van der Waals surface area contributed by atoms with E-state index >= 15 is 0 Å². The molecule has 6 heteroatoms. The van der Waals surface area contributed by atoms with Crippen molar-refractivity contribution in [2.24, 2.45) is 5.92 Å². The molecule has 1 unspecified atom stereocenters. The third-order valence-corrected chi connectivity index (χ3v) is 2.24. The van der Waals surface area contributed by atoms with E-state index in [9.17, 15) is 0 Å². The molecule has 0 aliphatic heterocycles. The van der Waals surface area contributed by atoms with Crippen molar-refractivity contribution >= 4 is 40.7 Å². The van der Waals surface area contributed by atoms with Crippen molar-refractivity contribution in [2.45, 2.75) is 47.3 Å². The van der Waals surface area contributed by atoms with E-state index in [0.29, 0.717) is 5.92 Å². The molecule has 0 aromatic rings. The first-order valence-electron chi connectivity index (χ1n) is 5.51. The number of hydrogen-bond acceptors (Lipinski definition) is 0. The van der Waals surface area contributed by atoms with Gasteiger partial charge in [0.2, 0.25) is 0 Å². The molecule has 0 amide bonds. The molecule has 1 atom stereocenters. The quantitative estimate of drug-likeness (QED) is 0.390. The van der Waals surface area contributed by atoms with Gasteiger partial charge in [-0.1, -0.05) is 54.6 Å². The van der Waals surface area contributed by atoms with Crippen LogP contribution in [0.3, 0.4) is 0 Å². The van der Waals surface area contributed by atoms with E-state index in [1.54, 1.807) is 0 Å². The van der Waals surface area contributed by atoms with Gasteiger partial charge in [-0.15, -0.1) is 31.7 Å². The van der Waals surface area contributed by atoms with Gasteiger partial charge in [0.25, 0.3) is 0 Å². The van der Waals surface area contributed by atoms with E-state index in [2.05, 4.69) is 33.8 Å². The van der Waals surface area contributed by atoms with Gasteiger partial charge in [-0.05, 0) is 0 Å². The summed E-state index contributed by atoms with van der Waals surface area (Å²) in [4.78, 5) is 0. The second kappa shape index (κ2) is 18.2. The maximum absolute atomic E-state index is 7.08. The summed E-state index contributed by atoms with van der Waals surface area (Å²) >= 11 is 2.03. The summed E-state index contributed by atoms with van der Waals surface area (Å²) in [5.74, 6) is 0.560. The monoisotopic (exact) mass is 389 g/mol. The number of rotatable bonds is 0. The van der Waals surface area contributed by atoms with E-state index in [0.717, 1.165) is 0 Å². The third kappa shape index (κ3) is 21.5. The van der Waals surface area contributed by atoms with Gasteiger partial charge in [-0.3, -0.25) is 6.08 Å². The molecule has 124 valence electrons. The van der Waals surface area contributed by atoms with Crippen LogP contribution in [-0.4, -0.2) is 15.9 Å². The van der Waals surface area contributed by atoms with Crippen LogP contribution >= 0.6 is 24.8 Å². The zero-order valence-corrected chi connectivity index (χ0v) is 20.2. The predicted octanol–water partition coefficient (Wildman–Crippen LogP) is 5.42. The summed E-state index contributed by atoms with van der Waals surface area (Å²) in [6, 6.07) is 0. The Kier molecular flexibility index (Phi) is 34.1. The fourth-order valence-corrected chi connectivity index (χ4v) is 1.16. The van der Waals surface area contributed by atoms with E-state index in [1.165, 1.54) is 16.7 Å². The minimum absolute atomic E-state index is 0. The molecular weight excluding hydrogens is 357 g/mol. The molecule has 1 nitrogen and oxygen atoms in total. The Labute approximate surface area is 155 Å². The molecule has 0 aromatic carbocycles. The number of hydrogen-bond donors (Lipinski definition) is 0. The van der Waals surface area contributed by atoms with Gasteiger partial charge < -0.3 is 20.3 Å². The summed E-state index contributed by atoms with van der Waals surface area (Å²) in [7, 11) is 0.500. The van der Waals surface area contributed by atoms with Gasteiger partial charge in [0.15, 0.2) is 0 Å². The Morgan fingerprint density at radius 1 is 1.05 bits per heavy atom. The molecule has 0 aromatic heterocycles. The first-order valence-corrected chi connectivity index (χ1v) is 13.0. The molecule has 0 spiro atoms. The van der Waals surface area contributed by atoms with Crippen molar-refractivity contribution in [2.75, 3.05) is 0 Å². The van der Waals surface area contributed by atoms with Crippen LogP contribution in [0.2, 0.25) is 19.6 Å². The van der Waals surface area contributed by atoms with E-state index in [-0.39, 0.29) is 39.7 Å². The zero-order valence-electron chi connectivity index (χ0n) is 14.6. The van der Waals surface area contributed by atoms with Crippen LogP contribution in [0.1, 0.15) is 27.7 Å². The molecular formula is C14H33Cl2NSi2Ti-4. The van der Waals surface area contributed by atoms with E-state index in [1.807, 2.05) is 46.4 Å². The van der Waals surface area contributed by atoms with Crippen LogP contribution in [0, 0.1) is 26.8 Å². The van der Waals surface area contributed by atoms with Crippen LogP contribution in [0.5, 0.6) is 0 Å². The SMILES string of the molecule is CC1=[C-]C(C)C(C)=C1C.C[Si](C)(C)[NH-].Cl.Cl.[CH3-].[CH3-].[SiH2]=[Ti]. The van der Waals surface area contributed by atoms with Crippen LogP contribution in [0.4, 0.5) is 0 Å². The van der Waals surface area contributed by atoms with Crippen molar-refractivity contribution in [3.05, 3.63) is 43.0 Å². The maximum atomic E-state index is 7.08. The Morgan fingerprint density at radius 2 is 1.30 bits per heavy atom. The molecule has 0 saturated heterocycles. The normalized spacial score (nSPS) is 15.3. The van der Waals surface area contributed by atoms with Gasteiger partial charge in [0, 0.05) is 0 Å². The van der Waals surface area contributed by atoms with Crippen LogP contribution in [0.15, 0.2) is 16.7 Å². The molecule has 20 heavy (non-hydrogen) atoms. The standard InChI is InChI=1S/C9H13.C3H10NSi.2CH3.2ClH.H2Si.Ti/c1-6-5-7(2)9(4)8(6)3;1-5(2,3)4;;;;;;/h6H,1-4H3;4H,1-3H3;2*1H3;2*1H;1H2;/q4*-1;;;;. The minimum atomic E-state index is -1.36. The zero-order chi connectivity index (χ0) is 13.5. The van der Waals surface area contributed by atoms with Crippen molar-refractivity contribution in [3.8, 4) is 0 Å². The average Bonchev–Trinajstić information content (AvgIpc) is 2.34. The van der Waals surface area contributed by atoms with Gasteiger partial charge >= 0.3 is 26.8 Å². The summed E-state index contributed by atoms with van der Waals surface area (Å²) < 4.78 is 0. The number of nitrogens with one attached hydrogen (secondary N) is 1. The summed E-state index contributed by atoms with van der Waals surface area (Å²) in [6.45, 7) is 14.6. The van der Waals surface area contributed by atoms with E-state index < -0.39 is 8.24 Å². The molecule has 1 N–H and O–H groups in total. The Morgan fingerprint density at radius 3 is 1.35 bits per heavy atom. The van der Waals surface area contributed by atoms with Crippen molar-refractivity contribution in [1.29, 1.82) is 0 Å². The number of halogens is 2. The Balaban J connectivity index is -0.0000000399. The van der Waals surface area contributed by atoms with Crippen molar-refractivity contribution in [3.63, 3.8) is 0 Å². The summed E-state index contributed by atoms with van der Waals surface area (Å²) in [5.41, 5.74) is 4.25. The second-order valence-electron chi connectivity index (χ2n) is 5.05. The molecule has 0 bridgehead atoms. The van der Waals surface area contributed by atoms with Gasteiger partial charge in [0.1, 0.15) is 0 Å². The first-order chi connectivity index (χ1) is 7.13. The van der Waals surface area contributed by atoms with Gasteiger partial charge in [-0.2, -0.15) is 11.1 Å². The summed E-state index contributed by atoms with van der Waals surface area (Å²) in [6.07, 6.45) is 3.36. The molecule has 0 saturated carbocycles. The van der Waals surface area contributed by atoms with E-state index in [4.69, 9.17) is 5.40 Å². The Hall–Kier alpha value is 1.17. The van der Waals surface area contributed by atoms with Gasteiger partial charge in [0.05, 0.1) is 0 Å². The van der Waals surface area contributed by atoms with Crippen LogP contribution < -0.4 is 0 Å². The molecule has 0 heterocycles. The van der Waals surface area contributed by atoms with Gasteiger partial charge in [-0.25, -0.2) is 5.57 Å². The predicted molar refractivity (Wildman–Crippen MR) is 104 cm³/mol. The average molecular weight is 390 g/mol. The van der Waals surface area contributed by atoms with Crippen molar-refractivity contribution in [1.82, 2.24) is 0 Å². The van der Waals surface area contributed by atoms with Crippen LogP contribution in [-0.2, 0) is 19.2 Å². The first kappa shape index (κ1) is 37.4. The molecule has 1 aliphatic rings. The topological polar surface area (TPSA) is 23.8 Å². The van der Waals surface area contributed by atoms with Crippen LogP contribution in [0.25, 0.3) is 5.40 Å². The summed E-state index contributed by atoms with van der Waals surface area (Å²) in [5, 5.41) is 7.08. The molecule has 0 fully saturated rings.